The van der Waals surface area contributed by atoms with Gasteiger partial charge < -0.3 is 4.52 Å². The smallest absolute Gasteiger partial charge is 0.404 e. The van der Waals surface area contributed by atoms with Crippen molar-refractivity contribution in [2.45, 2.75) is 52.4 Å². The van der Waals surface area contributed by atoms with E-state index in [-0.39, 0.29) is 10.8 Å². The zero-order valence-corrected chi connectivity index (χ0v) is 15.2. The Morgan fingerprint density at radius 2 is 1.43 bits per heavy atom. The van der Waals surface area contributed by atoms with Crippen molar-refractivity contribution in [2.24, 2.45) is 0 Å². The first-order valence-corrected chi connectivity index (χ1v) is 8.45. The Hall–Kier alpha value is -0.830. The molecule has 0 N–H and O–H groups in total. The average Bonchev–Trinajstić information content (AvgIpc) is 2.36. The normalized spacial score (nSPS) is 13.3. The molecule has 4 nitrogen and oxygen atoms in total. The minimum atomic E-state index is -3.57. The molecular weight excluding hydrogens is 287 g/mol. The Balaban J connectivity index is 3.40. The molecular formula is C16H27O4P. The van der Waals surface area contributed by atoms with E-state index in [0.717, 1.165) is 11.1 Å². The summed E-state index contributed by atoms with van der Waals surface area (Å²) in [6.45, 7) is 12.6. The first-order chi connectivity index (χ1) is 9.43. The van der Waals surface area contributed by atoms with E-state index in [4.69, 9.17) is 13.6 Å². The Morgan fingerprint density at radius 3 is 1.81 bits per heavy atom. The molecule has 0 bridgehead atoms. The van der Waals surface area contributed by atoms with E-state index in [1.807, 2.05) is 12.1 Å². The molecule has 0 fully saturated rings. The molecule has 0 aliphatic carbocycles. The maximum atomic E-state index is 12.3. The summed E-state index contributed by atoms with van der Waals surface area (Å²) in [5.74, 6) is 0.543. The van der Waals surface area contributed by atoms with Crippen LogP contribution in [0.2, 0.25) is 0 Å². The molecule has 0 saturated heterocycles. The first-order valence-electron chi connectivity index (χ1n) is 6.99. The fourth-order valence-corrected chi connectivity index (χ4v) is 2.64. The highest BCUT2D eigenvalue weighted by molar-refractivity contribution is 7.48. The van der Waals surface area contributed by atoms with Crippen LogP contribution >= 0.6 is 7.82 Å². The second-order valence-corrected chi connectivity index (χ2v) is 8.92. The number of hydrogen-bond acceptors (Lipinski definition) is 4. The van der Waals surface area contributed by atoms with E-state index in [2.05, 4.69) is 47.6 Å². The van der Waals surface area contributed by atoms with Crippen molar-refractivity contribution < 1.29 is 18.1 Å². The van der Waals surface area contributed by atoms with Gasteiger partial charge in [-0.15, -0.1) is 0 Å². The van der Waals surface area contributed by atoms with Gasteiger partial charge in [0, 0.05) is 19.8 Å². The molecule has 0 aliphatic rings. The van der Waals surface area contributed by atoms with Gasteiger partial charge in [0.1, 0.15) is 5.75 Å². The zero-order valence-electron chi connectivity index (χ0n) is 14.3. The summed E-state index contributed by atoms with van der Waals surface area (Å²) >= 11 is 0. The molecule has 0 radical (unpaired) electrons. The second-order valence-electron chi connectivity index (χ2n) is 7.11. The highest BCUT2D eigenvalue weighted by Crippen LogP contribution is 2.50. The van der Waals surface area contributed by atoms with Crippen LogP contribution in [0.4, 0.5) is 0 Å². The maximum absolute atomic E-state index is 12.3. The van der Waals surface area contributed by atoms with Gasteiger partial charge in [0.15, 0.2) is 0 Å². The molecule has 0 saturated carbocycles. The van der Waals surface area contributed by atoms with Crippen LogP contribution in [0.1, 0.15) is 52.7 Å². The van der Waals surface area contributed by atoms with Gasteiger partial charge in [0.25, 0.3) is 0 Å². The summed E-state index contributed by atoms with van der Waals surface area (Å²) < 4.78 is 27.7. The monoisotopic (exact) mass is 314 g/mol. The average molecular weight is 314 g/mol. The summed E-state index contributed by atoms with van der Waals surface area (Å²) in [6, 6.07) is 6.02. The van der Waals surface area contributed by atoms with Crippen molar-refractivity contribution in [3.63, 3.8) is 0 Å². The topological polar surface area (TPSA) is 44.8 Å². The molecule has 21 heavy (non-hydrogen) atoms. The third-order valence-electron chi connectivity index (χ3n) is 3.31. The van der Waals surface area contributed by atoms with Crippen molar-refractivity contribution in [2.75, 3.05) is 14.2 Å². The van der Waals surface area contributed by atoms with Gasteiger partial charge in [-0.05, 0) is 22.5 Å². The molecule has 0 atom stereocenters. The minimum absolute atomic E-state index is 0.0291. The van der Waals surface area contributed by atoms with Crippen LogP contribution in [0.3, 0.4) is 0 Å². The SMILES string of the molecule is COP(=O)(OC)Oc1cc(C(C)(C)C)ccc1C(C)(C)C. The molecule has 5 heteroatoms. The van der Waals surface area contributed by atoms with Gasteiger partial charge in [-0.1, -0.05) is 53.7 Å². The van der Waals surface area contributed by atoms with E-state index < -0.39 is 7.82 Å². The minimum Gasteiger partial charge on any atom is -0.404 e. The van der Waals surface area contributed by atoms with Gasteiger partial charge in [-0.25, -0.2) is 4.57 Å². The highest BCUT2D eigenvalue weighted by atomic mass is 31.2. The third kappa shape index (κ3) is 4.57. The van der Waals surface area contributed by atoms with Crippen molar-refractivity contribution >= 4 is 7.82 Å². The number of phosphoric acid groups is 1. The largest absolute Gasteiger partial charge is 0.529 e. The predicted octanol–water partition coefficient (Wildman–Crippen LogP) is 5.06. The summed E-state index contributed by atoms with van der Waals surface area (Å²) in [7, 11) is -0.943. The van der Waals surface area contributed by atoms with Gasteiger partial charge in [0.05, 0.1) is 0 Å². The number of hydrogen-bond donors (Lipinski definition) is 0. The van der Waals surface area contributed by atoms with E-state index in [0.29, 0.717) is 5.75 Å². The Kier molecular flexibility index (Phi) is 5.31. The van der Waals surface area contributed by atoms with Crippen LogP contribution in [-0.4, -0.2) is 14.2 Å². The summed E-state index contributed by atoms with van der Waals surface area (Å²) in [5, 5.41) is 0. The van der Waals surface area contributed by atoms with Gasteiger partial charge in [0.2, 0.25) is 0 Å². The Bertz CT molecular complexity index is 530. The van der Waals surface area contributed by atoms with Crippen LogP contribution in [0.25, 0.3) is 0 Å². The van der Waals surface area contributed by atoms with Crippen molar-refractivity contribution in [3.8, 4) is 5.75 Å². The zero-order chi connectivity index (χ0) is 16.5. The first kappa shape index (κ1) is 18.2. The van der Waals surface area contributed by atoms with Crippen LogP contribution in [0.15, 0.2) is 18.2 Å². The van der Waals surface area contributed by atoms with Gasteiger partial charge in [-0.2, -0.15) is 0 Å². The van der Waals surface area contributed by atoms with E-state index in [1.54, 1.807) is 0 Å². The quantitative estimate of drug-likeness (QED) is 0.729. The van der Waals surface area contributed by atoms with Crippen LogP contribution in [-0.2, 0) is 24.4 Å². The molecule has 0 heterocycles. The molecule has 0 aromatic heterocycles. The Morgan fingerprint density at radius 1 is 0.905 bits per heavy atom. The van der Waals surface area contributed by atoms with Gasteiger partial charge in [-0.3, -0.25) is 9.05 Å². The molecule has 120 valence electrons. The van der Waals surface area contributed by atoms with E-state index in [1.165, 1.54) is 14.2 Å². The lowest BCUT2D eigenvalue weighted by atomic mass is 9.81. The van der Waals surface area contributed by atoms with Crippen LogP contribution in [0.5, 0.6) is 5.75 Å². The molecule has 0 spiro atoms. The molecule has 0 unspecified atom stereocenters. The predicted molar refractivity (Wildman–Crippen MR) is 86.1 cm³/mol. The van der Waals surface area contributed by atoms with E-state index >= 15 is 0 Å². The molecule has 1 rings (SSSR count). The summed E-state index contributed by atoms with van der Waals surface area (Å²) in [5.41, 5.74) is 1.89. The molecule has 1 aromatic rings. The van der Waals surface area contributed by atoms with Crippen molar-refractivity contribution in [1.29, 1.82) is 0 Å². The summed E-state index contributed by atoms with van der Waals surface area (Å²) in [4.78, 5) is 0. The molecule has 0 aliphatic heterocycles. The fraction of sp³-hybridized carbons (Fsp3) is 0.625. The lowest BCUT2D eigenvalue weighted by Crippen LogP contribution is -2.16. The molecule has 1 aromatic carbocycles. The lowest BCUT2D eigenvalue weighted by molar-refractivity contribution is 0.210. The van der Waals surface area contributed by atoms with Crippen molar-refractivity contribution in [3.05, 3.63) is 29.3 Å². The maximum Gasteiger partial charge on any atom is 0.529 e. The standard InChI is InChI=1S/C16H27O4P/c1-15(2,3)12-9-10-13(16(4,5)6)14(11-12)20-21(17,18-7)19-8/h9-11H,1-8H3. The summed E-state index contributed by atoms with van der Waals surface area (Å²) in [6.07, 6.45) is 0. The number of benzene rings is 1. The Labute approximate surface area is 128 Å². The third-order valence-corrected chi connectivity index (χ3v) is 4.63. The lowest BCUT2D eigenvalue weighted by Gasteiger charge is -2.27. The van der Waals surface area contributed by atoms with Gasteiger partial charge >= 0.3 is 7.82 Å². The molecule has 0 amide bonds. The number of rotatable bonds is 4. The van der Waals surface area contributed by atoms with E-state index in [9.17, 15) is 4.57 Å². The van der Waals surface area contributed by atoms with Crippen LogP contribution < -0.4 is 4.52 Å². The second kappa shape index (κ2) is 6.12. The van der Waals surface area contributed by atoms with Crippen LogP contribution in [0, 0.1) is 0 Å². The fourth-order valence-electron chi connectivity index (χ4n) is 1.95. The highest BCUT2D eigenvalue weighted by Gasteiger charge is 2.30. The number of phosphoric ester groups is 1. The van der Waals surface area contributed by atoms with Crippen molar-refractivity contribution in [1.82, 2.24) is 0 Å².